The van der Waals surface area contributed by atoms with Gasteiger partial charge in [-0.2, -0.15) is 0 Å². The highest BCUT2D eigenvalue weighted by Crippen LogP contribution is 2.26. The molecule has 0 spiro atoms. The molecule has 0 amide bonds. The number of rotatable bonds is 5. The standard InChI is InChI=1S/C15H23N3S/c1-4-15(13-8-6-5-7-9-13)16-14(19)18(17-15)11-10-12(2)3/h5-9,12,17H,4,10-11H2,1-3H3,(H,16,19)/t15-/m0/s1. The van der Waals surface area contributed by atoms with Crippen molar-refractivity contribution in [2.45, 2.75) is 39.3 Å². The molecule has 2 N–H and O–H groups in total. The fourth-order valence-electron chi connectivity index (χ4n) is 2.33. The van der Waals surface area contributed by atoms with E-state index < -0.39 is 0 Å². The van der Waals surface area contributed by atoms with Crippen LogP contribution in [0.3, 0.4) is 0 Å². The van der Waals surface area contributed by atoms with Crippen molar-refractivity contribution in [3.05, 3.63) is 35.9 Å². The predicted octanol–water partition coefficient (Wildman–Crippen LogP) is 2.99. The molecular formula is C15H23N3S. The average Bonchev–Trinajstić information content (AvgIpc) is 2.75. The van der Waals surface area contributed by atoms with Crippen molar-refractivity contribution in [3.8, 4) is 0 Å². The van der Waals surface area contributed by atoms with Crippen molar-refractivity contribution in [2.24, 2.45) is 5.92 Å². The van der Waals surface area contributed by atoms with Crippen LogP contribution in [0.5, 0.6) is 0 Å². The number of nitrogens with one attached hydrogen (secondary N) is 2. The predicted molar refractivity (Wildman–Crippen MR) is 83.4 cm³/mol. The molecule has 1 fully saturated rings. The summed E-state index contributed by atoms with van der Waals surface area (Å²) >= 11 is 5.46. The van der Waals surface area contributed by atoms with Gasteiger partial charge in [0.2, 0.25) is 0 Å². The topological polar surface area (TPSA) is 27.3 Å². The van der Waals surface area contributed by atoms with Gasteiger partial charge < -0.3 is 5.32 Å². The summed E-state index contributed by atoms with van der Waals surface area (Å²) in [5, 5.41) is 6.33. The van der Waals surface area contributed by atoms with Gasteiger partial charge in [0.15, 0.2) is 5.11 Å². The van der Waals surface area contributed by atoms with E-state index in [1.54, 1.807) is 0 Å². The molecule has 19 heavy (non-hydrogen) atoms. The van der Waals surface area contributed by atoms with E-state index in [2.05, 4.69) is 60.8 Å². The molecule has 1 saturated heterocycles. The first-order valence-electron chi connectivity index (χ1n) is 7.00. The largest absolute Gasteiger partial charge is 0.338 e. The van der Waals surface area contributed by atoms with E-state index in [-0.39, 0.29) is 5.66 Å². The Morgan fingerprint density at radius 2 is 1.95 bits per heavy atom. The van der Waals surface area contributed by atoms with Crippen LogP contribution in [0.2, 0.25) is 0 Å². The third-order valence-corrected chi connectivity index (χ3v) is 3.94. The minimum Gasteiger partial charge on any atom is -0.338 e. The molecule has 0 unspecified atom stereocenters. The lowest BCUT2D eigenvalue weighted by Crippen LogP contribution is -2.48. The van der Waals surface area contributed by atoms with Crippen molar-refractivity contribution in [2.75, 3.05) is 6.54 Å². The van der Waals surface area contributed by atoms with Crippen LogP contribution < -0.4 is 10.7 Å². The summed E-state index contributed by atoms with van der Waals surface area (Å²) in [5.74, 6) is 0.679. The third-order valence-electron chi connectivity index (χ3n) is 3.62. The maximum atomic E-state index is 5.46. The van der Waals surface area contributed by atoms with Crippen molar-refractivity contribution >= 4 is 17.3 Å². The summed E-state index contributed by atoms with van der Waals surface area (Å²) in [6, 6.07) is 10.4. The molecule has 1 aliphatic heterocycles. The van der Waals surface area contributed by atoms with Gasteiger partial charge in [-0.3, -0.25) is 5.01 Å². The Bertz CT molecular complexity index is 432. The summed E-state index contributed by atoms with van der Waals surface area (Å²) in [4.78, 5) is 0. The number of thiocarbonyl (C=S) groups is 1. The van der Waals surface area contributed by atoms with Crippen molar-refractivity contribution < 1.29 is 0 Å². The second kappa shape index (κ2) is 5.88. The maximum absolute atomic E-state index is 5.46. The van der Waals surface area contributed by atoms with Crippen LogP contribution in [0.4, 0.5) is 0 Å². The number of hydrogen-bond donors (Lipinski definition) is 2. The number of hydrogen-bond acceptors (Lipinski definition) is 2. The minimum atomic E-state index is -0.255. The molecule has 0 bridgehead atoms. The molecule has 1 aliphatic rings. The summed E-state index contributed by atoms with van der Waals surface area (Å²) in [5.41, 5.74) is 4.53. The lowest BCUT2D eigenvalue weighted by molar-refractivity contribution is 0.205. The van der Waals surface area contributed by atoms with E-state index in [1.807, 2.05) is 6.07 Å². The summed E-state index contributed by atoms with van der Waals surface area (Å²) in [6.45, 7) is 7.58. The van der Waals surface area contributed by atoms with Gasteiger partial charge in [-0.05, 0) is 36.5 Å². The van der Waals surface area contributed by atoms with Crippen molar-refractivity contribution in [1.29, 1.82) is 0 Å². The monoisotopic (exact) mass is 277 g/mol. The molecule has 0 aliphatic carbocycles. The van der Waals surface area contributed by atoms with Crippen molar-refractivity contribution in [3.63, 3.8) is 0 Å². The molecule has 104 valence electrons. The van der Waals surface area contributed by atoms with Crippen LogP contribution in [0.15, 0.2) is 30.3 Å². The van der Waals surface area contributed by atoms with E-state index in [0.717, 1.165) is 24.5 Å². The molecule has 0 radical (unpaired) electrons. The molecule has 4 heteroatoms. The van der Waals surface area contributed by atoms with Crippen LogP contribution in [-0.4, -0.2) is 16.7 Å². The van der Waals surface area contributed by atoms with E-state index in [1.165, 1.54) is 5.56 Å². The highest BCUT2D eigenvalue weighted by atomic mass is 32.1. The zero-order valence-electron chi connectivity index (χ0n) is 11.9. The summed E-state index contributed by atoms with van der Waals surface area (Å²) in [6.07, 6.45) is 2.07. The fourth-order valence-corrected chi connectivity index (χ4v) is 2.65. The van der Waals surface area contributed by atoms with E-state index >= 15 is 0 Å². The quantitative estimate of drug-likeness (QED) is 0.809. The molecule has 0 aromatic heterocycles. The van der Waals surface area contributed by atoms with E-state index in [0.29, 0.717) is 5.92 Å². The second-order valence-corrected chi connectivity index (χ2v) is 5.89. The average molecular weight is 277 g/mol. The van der Waals surface area contributed by atoms with E-state index in [9.17, 15) is 0 Å². The van der Waals surface area contributed by atoms with Gasteiger partial charge in [0.25, 0.3) is 0 Å². The van der Waals surface area contributed by atoms with Gasteiger partial charge in [0.05, 0.1) is 0 Å². The molecule has 1 heterocycles. The summed E-state index contributed by atoms with van der Waals surface area (Å²) in [7, 11) is 0. The Hall–Kier alpha value is -1.13. The smallest absolute Gasteiger partial charge is 0.185 e. The Morgan fingerprint density at radius 3 is 2.53 bits per heavy atom. The Morgan fingerprint density at radius 1 is 1.26 bits per heavy atom. The maximum Gasteiger partial charge on any atom is 0.185 e. The molecule has 2 rings (SSSR count). The van der Waals surface area contributed by atoms with Gasteiger partial charge >= 0.3 is 0 Å². The van der Waals surface area contributed by atoms with Crippen LogP contribution >= 0.6 is 12.2 Å². The molecule has 3 nitrogen and oxygen atoms in total. The van der Waals surface area contributed by atoms with Gasteiger partial charge in [-0.15, -0.1) is 0 Å². The number of hydrazine groups is 1. The van der Waals surface area contributed by atoms with Crippen LogP contribution in [0.25, 0.3) is 0 Å². The lowest BCUT2D eigenvalue weighted by atomic mass is 9.98. The molecular weight excluding hydrogens is 254 g/mol. The number of nitrogens with zero attached hydrogens (tertiary/aromatic N) is 1. The Labute approximate surface area is 121 Å². The Kier molecular flexibility index (Phi) is 4.42. The van der Waals surface area contributed by atoms with Crippen LogP contribution in [0.1, 0.15) is 39.2 Å². The highest BCUT2D eigenvalue weighted by molar-refractivity contribution is 7.80. The molecule has 1 aromatic rings. The molecule has 0 saturated carbocycles. The number of benzene rings is 1. The zero-order valence-corrected chi connectivity index (χ0v) is 12.8. The molecule has 1 aromatic carbocycles. The highest BCUT2D eigenvalue weighted by Gasteiger charge is 2.39. The lowest BCUT2D eigenvalue weighted by Gasteiger charge is -2.29. The first kappa shape index (κ1) is 14.3. The second-order valence-electron chi connectivity index (χ2n) is 5.50. The van der Waals surface area contributed by atoms with Crippen molar-refractivity contribution in [1.82, 2.24) is 15.8 Å². The minimum absolute atomic E-state index is 0.255. The van der Waals surface area contributed by atoms with Gasteiger partial charge in [-0.1, -0.05) is 51.1 Å². The van der Waals surface area contributed by atoms with E-state index in [4.69, 9.17) is 12.2 Å². The fraction of sp³-hybridized carbons (Fsp3) is 0.533. The first-order valence-corrected chi connectivity index (χ1v) is 7.41. The Balaban J connectivity index is 2.14. The summed E-state index contributed by atoms with van der Waals surface area (Å²) < 4.78 is 0. The van der Waals surface area contributed by atoms with Gasteiger partial charge in [0.1, 0.15) is 5.66 Å². The zero-order chi connectivity index (χ0) is 13.9. The third kappa shape index (κ3) is 3.07. The molecule has 1 atom stereocenters. The first-order chi connectivity index (χ1) is 9.07. The van der Waals surface area contributed by atoms with Gasteiger partial charge in [0, 0.05) is 6.54 Å². The normalized spacial score (nSPS) is 22.9. The van der Waals surface area contributed by atoms with Crippen LogP contribution in [-0.2, 0) is 5.66 Å². The SMILES string of the molecule is CC[C@]1(c2ccccc2)NC(=S)N(CCC(C)C)N1. The van der Waals surface area contributed by atoms with Crippen LogP contribution in [0, 0.1) is 5.92 Å². The van der Waals surface area contributed by atoms with Gasteiger partial charge in [-0.25, -0.2) is 5.43 Å².